The Balaban J connectivity index is 0.000000353. The first-order valence-electron chi connectivity index (χ1n) is 5.56. The molecule has 0 radical (unpaired) electrons. The van der Waals surface area contributed by atoms with Gasteiger partial charge in [-0.1, -0.05) is 37.3 Å². The summed E-state index contributed by atoms with van der Waals surface area (Å²) in [6.07, 6.45) is 2.36. The van der Waals surface area contributed by atoms with Crippen molar-refractivity contribution in [3.05, 3.63) is 35.9 Å². The fraction of sp³-hybridized carbons (Fsp3) is 0.538. The first-order valence-corrected chi connectivity index (χ1v) is 6.31. The van der Waals surface area contributed by atoms with E-state index in [0.717, 1.165) is 6.61 Å². The highest BCUT2D eigenvalue weighted by atomic mass is 35.5. The van der Waals surface area contributed by atoms with Gasteiger partial charge in [-0.3, -0.25) is 0 Å². The molecule has 1 aliphatic rings. The minimum Gasteiger partial charge on any atom is -0.373 e. The normalized spacial score (nSPS) is 17.2. The molecule has 0 aromatic heterocycles. The van der Waals surface area contributed by atoms with Crippen molar-refractivity contribution in [3.8, 4) is 0 Å². The molecule has 0 spiro atoms. The van der Waals surface area contributed by atoms with Crippen LogP contribution in [-0.4, -0.2) is 29.3 Å². The molecule has 1 atom stereocenters. The summed E-state index contributed by atoms with van der Waals surface area (Å²) in [6, 6.07) is 8.81. The lowest BCUT2D eigenvalue weighted by Gasteiger charge is -2.19. The van der Waals surface area contributed by atoms with Crippen molar-refractivity contribution in [1.29, 1.82) is 0 Å². The minimum absolute atomic E-state index is 0.303. The van der Waals surface area contributed by atoms with Crippen LogP contribution in [0.1, 0.15) is 25.8 Å². The van der Waals surface area contributed by atoms with Gasteiger partial charge in [0, 0.05) is 18.4 Å². The molecular weight excluding hydrogens is 240 g/mol. The Labute approximate surface area is 108 Å². The average Bonchev–Trinajstić information content (AvgIpc) is 3.16. The van der Waals surface area contributed by atoms with Crippen LogP contribution in [0.2, 0.25) is 0 Å². The van der Waals surface area contributed by atoms with Gasteiger partial charge < -0.3 is 14.9 Å². The topological polar surface area (TPSA) is 53.0 Å². The van der Waals surface area contributed by atoms with Crippen molar-refractivity contribution in [3.63, 3.8) is 0 Å². The van der Waals surface area contributed by atoms with E-state index in [0.29, 0.717) is 18.1 Å². The van der Waals surface area contributed by atoms with E-state index in [1.165, 1.54) is 6.38 Å². The number of hydrogen-bond acceptors (Lipinski definition) is 3. The Morgan fingerprint density at radius 2 is 1.71 bits per heavy atom. The van der Waals surface area contributed by atoms with Crippen molar-refractivity contribution >= 4 is 11.6 Å². The molecule has 0 saturated carbocycles. The van der Waals surface area contributed by atoms with E-state index in [4.69, 9.17) is 4.74 Å². The molecule has 1 saturated heterocycles. The molecule has 98 valence electrons. The standard InChI is InChI=1S/C9H12O2.C3H6O.CH3Cl/c1-2-9(10,11)8-6-4-3-5-7-8;1-3-2-4-3;1-2/h3-7,10-11H,2H2,1H3;3H,2H2,1H3;1H3. The lowest BCUT2D eigenvalue weighted by atomic mass is 10.0. The molecule has 1 heterocycles. The predicted octanol–water partition coefficient (Wildman–Crippen LogP) is 2.49. The molecule has 1 unspecified atom stereocenters. The second-order valence-corrected chi connectivity index (χ2v) is 3.68. The summed E-state index contributed by atoms with van der Waals surface area (Å²) in [5, 5.41) is 18.7. The summed E-state index contributed by atoms with van der Waals surface area (Å²) in [7, 11) is 0. The summed E-state index contributed by atoms with van der Waals surface area (Å²) in [6.45, 7) is 4.77. The first kappa shape index (κ1) is 16.4. The smallest absolute Gasteiger partial charge is 0.189 e. The van der Waals surface area contributed by atoms with Gasteiger partial charge in [-0.2, -0.15) is 0 Å². The molecule has 1 aromatic rings. The third-order valence-corrected chi connectivity index (χ3v) is 2.23. The number of rotatable bonds is 2. The Bertz CT molecular complexity index is 284. The number of aliphatic hydroxyl groups is 2. The molecule has 1 aromatic carbocycles. The number of epoxide rings is 1. The summed E-state index contributed by atoms with van der Waals surface area (Å²) in [5.41, 5.74) is 0.544. The number of hydrogen-bond donors (Lipinski definition) is 2. The second kappa shape index (κ2) is 8.48. The third kappa shape index (κ3) is 7.34. The van der Waals surface area contributed by atoms with Crippen molar-refractivity contribution in [1.82, 2.24) is 0 Å². The van der Waals surface area contributed by atoms with Gasteiger partial charge in [0.1, 0.15) is 0 Å². The predicted molar refractivity (Wildman–Crippen MR) is 70.0 cm³/mol. The zero-order valence-electron chi connectivity index (χ0n) is 10.6. The number of benzene rings is 1. The Morgan fingerprint density at radius 3 is 2.00 bits per heavy atom. The molecule has 0 amide bonds. The molecule has 4 heteroatoms. The van der Waals surface area contributed by atoms with Crippen LogP contribution in [0, 0.1) is 0 Å². The van der Waals surface area contributed by atoms with Crippen molar-refractivity contribution < 1.29 is 14.9 Å². The molecule has 0 aliphatic carbocycles. The van der Waals surface area contributed by atoms with Crippen molar-refractivity contribution in [2.24, 2.45) is 0 Å². The summed E-state index contributed by atoms with van der Waals surface area (Å²) in [5.74, 6) is -1.67. The van der Waals surface area contributed by atoms with Crippen LogP contribution < -0.4 is 0 Å². The van der Waals surface area contributed by atoms with Gasteiger partial charge in [-0.05, 0) is 6.92 Å². The SMILES string of the molecule is CC1CO1.CCC(O)(O)c1ccccc1.CCl. The monoisotopic (exact) mass is 260 g/mol. The van der Waals surface area contributed by atoms with Gasteiger partial charge in [0.15, 0.2) is 5.79 Å². The minimum atomic E-state index is -1.67. The van der Waals surface area contributed by atoms with Crippen LogP contribution in [0.4, 0.5) is 0 Å². The van der Waals surface area contributed by atoms with E-state index in [1.54, 1.807) is 31.2 Å². The lowest BCUT2D eigenvalue weighted by Crippen LogP contribution is -2.23. The molecule has 1 fully saturated rings. The fourth-order valence-electron chi connectivity index (χ4n) is 1.01. The lowest BCUT2D eigenvalue weighted by molar-refractivity contribution is -0.171. The van der Waals surface area contributed by atoms with Gasteiger partial charge in [-0.15, -0.1) is 11.6 Å². The summed E-state index contributed by atoms with van der Waals surface area (Å²) in [4.78, 5) is 0. The highest BCUT2D eigenvalue weighted by molar-refractivity contribution is 6.15. The number of ether oxygens (including phenoxy) is 1. The second-order valence-electron chi connectivity index (χ2n) is 3.68. The van der Waals surface area contributed by atoms with Gasteiger partial charge in [0.25, 0.3) is 0 Å². The maximum atomic E-state index is 9.35. The quantitative estimate of drug-likeness (QED) is 0.488. The molecule has 3 nitrogen and oxygen atoms in total. The summed E-state index contributed by atoms with van der Waals surface area (Å²) < 4.78 is 4.71. The fourth-order valence-corrected chi connectivity index (χ4v) is 1.01. The average molecular weight is 261 g/mol. The Morgan fingerprint density at radius 1 is 1.29 bits per heavy atom. The van der Waals surface area contributed by atoms with Crippen LogP contribution in [0.3, 0.4) is 0 Å². The molecule has 0 bridgehead atoms. The van der Waals surface area contributed by atoms with Gasteiger partial charge in [-0.25, -0.2) is 0 Å². The molecule has 2 rings (SSSR count). The van der Waals surface area contributed by atoms with Crippen LogP contribution in [0.5, 0.6) is 0 Å². The van der Waals surface area contributed by atoms with Crippen LogP contribution in [0.25, 0.3) is 0 Å². The van der Waals surface area contributed by atoms with Gasteiger partial charge in [0.2, 0.25) is 0 Å². The van der Waals surface area contributed by atoms with Gasteiger partial charge >= 0.3 is 0 Å². The van der Waals surface area contributed by atoms with E-state index in [-0.39, 0.29) is 0 Å². The van der Waals surface area contributed by atoms with E-state index in [2.05, 4.69) is 18.5 Å². The molecular formula is C13H21ClO3. The molecule has 1 aliphatic heterocycles. The third-order valence-electron chi connectivity index (χ3n) is 2.23. The highest BCUT2D eigenvalue weighted by Gasteiger charge is 2.21. The van der Waals surface area contributed by atoms with E-state index >= 15 is 0 Å². The van der Waals surface area contributed by atoms with Crippen LogP contribution in [-0.2, 0) is 10.5 Å². The zero-order valence-corrected chi connectivity index (χ0v) is 11.3. The van der Waals surface area contributed by atoms with Crippen LogP contribution >= 0.6 is 11.6 Å². The highest BCUT2D eigenvalue weighted by Crippen LogP contribution is 2.20. The largest absolute Gasteiger partial charge is 0.373 e. The van der Waals surface area contributed by atoms with E-state index in [1.807, 2.05) is 6.07 Å². The van der Waals surface area contributed by atoms with E-state index < -0.39 is 5.79 Å². The molecule has 2 N–H and O–H groups in total. The van der Waals surface area contributed by atoms with Crippen LogP contribution in [0.15, 0.2) is 30.3 Å². The maximum absolute atomic E-state index is 9.35. The van der Waals surface area contributed by atoms with E-state index in [9.17, 15) is 10.2 Å². The van der Waals surface area contributed by atoms with Crippen molar-refractivity contribution in [2.45, 2.75) is 32.2 Å². The Hall–Kier alpha value is -0.610. The number of halogens is 1. The van der Waals surface area contributed by atoms with Crippen molar-refractivity contribution in [2.75, 3.05) is 13.0 Å². The van der Waals surface area contributed by atoms with Gasteiger partial charge in [0.05, 0.1) is 12.7 Å². The zero-order chi connectivity index (χ0) is 13.3. The molecule has 17 heavy (non-hydrogen) atoms. The first-order chi connectivity index (χ1) is 8.06. The maximum Gasteiger partial charge on any atom is 0.189 e. The Kier molecular flexibility index (Phi) is 8.17. The summed E-state index contributed by atoms with van der Waals surface area (Å²) >= 11 is 4.64. The number of alkyl halides is 1.